The Bertz CT molecular complexity index is 597. The van der Waals surface area contributed by atoms with Crippen molar-refractivity contribution in [3.63, 3.8) is 0 Å². The molecule has 0 bridgehead atoms. The number of halogens is 1. The third kappa shape index (κ3) is 2.74. The van der Waals surface area contributed by atoms with E-state index in [1.807, 2.05) is 6.92 Å². The van der Waals surface area contributed by atoms with Crippen LogP contribution in [0, 0.1) is 0 Å². The Morgan fingerprint density at radius 3 is 2.35 bits per heavy atom. The van der Waals surface area contributed by atoms with Crippen molar-refractivity contribution < 1.29 is 0 Å². The van der Waals surface area contributed by atoms with Gasteiger partial charge in [0.05, 0.1) is 5.69 Å². The first-order valence-electron chi connectivity index (χ1n) is 6.99. The monoisotopic (exact) mass is 330 g/mol. The third-order valence-corrected chi connectivity index (χ3v) is 4.39. The van der Waals surface area contributed by atoms with Crippen molar-refractivity contribution in [3.8, 4) is 0 Å². The predicted octanol–water partition coefficient (Wildman–Crippen LogP) is 3.86. The van der Waals surface area contributed by atoms with Crippen LogP contribution in [-0.2, 0) is 19.5 Å². The molecule has 0 saturated heterocycles. The van der Waals surface area contributed by atoms with Gasteiger partial charge in [-0.1, -0.05) is 30.3 Å². The van der Waals surface area contributed by atoms with Crippen molar-refractivity contribution in [2.45, 2.75) is 32.5 Å². The summed E-state index contributed by atoms with van der Waals surface area (Å²) in [5, 5.41) is 0. The normalized spacial score (nSPS) is 15.2. The van der Waals surface area contributed by atoms with E-state index >= 15 is 0 Å². The molecule has 2 nitrogen and oxygen atoms in total. The first-order valence-corrected chi connectivity index (χ1v) is 7.78. The van der Waals surface area contributed by atoms with Crippen molar-refractivity contribution in [3.05, 3.63) is 63.6 Å². The fourth-order valence-corrected chi connectivity index (χ4v) is 3.49. The van der Waals surface area contributed by atoms with E-state index in [0.29, 0.717) is 0 Å². The zero-order chi connectivity index (χ0) is 14.1. The Kier molecular flexibility index (Phi) is 3.81. The number of hydrogen-bond donors (Lipinski definition) is 1. The summed E-state index contributed by atoms with van der Waals surface area (Å²) in [6.07, 6.45) is 0.916. The Morgan fingerprint density at radius 2 is 1.80 bits per heavy atom. The molecule has 2 N–H and O–H groups in total. The number of benzene rings is 2. The maximum absolute atomic E-state index is 5.87. The van der Waals surface area contributed by atoms with Crippen LogP contribution < -0.4 is 10.6 Å². The standard InChI is InChI=1S/C17H19BrN2/c1-12(19)8-13-6-7-17(16(18)9-13)20-10-14-4-2-3-5-15(14)11-20/h2-7,9,12H,8,10-11,19H2,1H3. The minimum absolute atomic E-state index is 0.198. The summed E-state index contributed by atoms with van der Waals surface area (Å²) in [5.74, 6) is 0. The highest BCUT2D eigenvalue weighted by Crippen LogP contribution is 2.34. The van der Waals surface area contributed by atoms with E-state index in [9.17, 15) is 0 Å². The Hall–Kier alpha value is -1.32. The maximum Gasteiger partial charge on any atom is 0.0516 e. The number of nitrogens with zero attached hydrogens (tertiary/aromatic N) is 1. The molecule has 1 atom stereocenters. The molecule has 0 spiro atoms. The van der Waals surface area contributed by atoms with Gasteiger partial charge >= 0.3 is 0 Å². The lowest BCUT2D eigenvalue weighted by Crippen LogP contribution is -2.18. The molecule has 0 fully saturated rings. The number of rotatable bonds is 3. The molecule has 1 unspecified atom stereocenters. The lowest BCUT2D eigenvalue weighted by atomic mass is 10.1. The summed E-state index contributed by atoms with van der Waals surface area (Å²) < 4.78 is 1.16. The van der Waals surface area contributed by atoms with Gasteiger partial charge in [0.1, 0.15) is 0 Å². The molecule has 0 aliphatic carbocycles. The lowest BCUT2D eigenvalue weighted by Gasteiger charge is -2.20. The second-order valence-corrected chi connectivity index (χ2v) is 6.45. The number of hydrogen-bond acceptors (Lipinski definition) is 2. The average Bonchev–Trinajstić information content (AvgIpc) is 2.81. The van der Waals surface area contributed by atoms with Gasteiger partial charge in [-0.3, -0.25) is 0 Å². The fraction of sp³-hybridized carbons (Fsp3) is 0.294. The topological polar surface area (TPSA) is 29.3 Å². The number of nitrogens with two attached hydrogens (primary N) is 1. The van der Waals surface area contributed by atoms with Crippen molar-refractivity contribution in [1.29, 1.82) is 0 Å². The lowest BCUT2D eigenvalue weighted by molar-refractivity contribution is 0.737. The summed E-state index contributed by atoms with van der Waals surface area (Å²) in [7, 11) is 0. The Labute approximate surface area is 128 Å². The summed E-state index contributed by atoms with van der Waals surface area (Å²) in [5.41, 5.74) is 11.3. The van der Waals surface area contributed by atoms with Crippen LogP contribution in [0.3, 0.4) is 0 Å². The Balaban J connectivity index is 1.82. The second kappa shape index (κ2) is 5.58. The minimum Gasteiger partial charge on any atom is -0.362 e. The van der Waals surface area contributed by atoms with Crippen LogP contribution in [0.1, 0.15) is 23.6 Å². The molecular weight excluding hydrogens is 312 g/mol. The van der Waals surface area contributed by atoms with Crippen molar-refractivity contribution >= 4 is 21.6 Å². The summed E-state index contributed by atoms with van der Waals surface area (Å²) in [4.78, 5) is 2.41. The molecule has 3 rings (SSSR count). The molecular formula is C17H19BrN2. The quantitative estimate of drug-likeness (QED) is 0.925. The first-order chi connectivity index (χ1) is 9.63. The molecule has 1 heterocycles. The van der Waals surface area contributed by atoms with Gasteiger partial charge in [0.15, 0.2) is 0 Å². The minimum atomic E-state index is 0.198. The number of anilines is 1. The molecule has 2 aromatic rings. The van der Waals surface area contributed by atoms with Crippen LogP contribution in [0.4, 0.5) is 5.69 Å². The molecule has 0 aromatic heterocycles. The summed E-state index contributed by atoms with van der Waals surface area (Å²) >= 11 is 3.71. The van der Waals surface area contributed by atoms with E-state index in [0.717, 1.165) is 24.0 Å². The predicted molar refractivity (Wildman–Crippen MR) is 87.8 cm³/mol. The number of fused-ring (bicyclic) bond motifs is 1. The van der Waals surface area contributed by atoms with Gasteiger partial charge < -0.3 is 10.6 Å². The van der Waals surface area contributed by atoms with Gasteiger partial charge in [-0.2, -0.15) is 0 Å². The van der Waals surface area contributed by atoms with E-state index in [1.54, 1.807) is 0 Å². The molecule has 20 heavy (non-hydrogen) atoms. The zero-order valence-electron chi connectivity index (χ0n) is 11.6. The molecule has 1 aliphatic heterocycles. The summed E-state index contributed by atoms with van der Waals surface area (Å²) in [6, 6.07) is 15.4. The second-order valence-electron chi connectivity index (χ2n) is 5.59. The highest BCUT2D eigenvalue weighted by Gasteiger charge is 2.20. The highest BCUT2D eigenvalue weighted by atomic mass is 79.9. The van der Waals surface area contributed by atoms with E-state index in [4.69, 9.17) is 5.73 Å². The van der Waals surface area contributed by atoms with Crippen molar-refractivity contribution in [2.24, 2.45) is 5.73 Å². The van der Waals surface area contributed by atoms with Gasteiger partial charge in [0.2, 0.25) is 0 Å². The molecule has 0 amide bonds. The highest BCUT2D eigenvalue weighted by molar-refractivity contribution is 9.10. The van der Waals surface area contributed by atoms with Crippen LogP contribution in [0.25, 0.3) is 0 Å². The molecule has 104 valence electrons. The van der Waals surface area contributed by atoms with Gasteiger partial charge in [-0.05, 0) is 58.1 Å². The summed E-state index contributed by atoms with van der Waals surface area (Å²) in [6.45, 7) is 4.02. The van der Waals surface area contributed by atoms with Crippen LogP contribution in [0.15, 0.2) is 46.9 Å². The molecule has 1 aliphatic rings. The fourth-order valence-electron chi connectivity index (χ4n) is 2.81. The van der Waals surface area contributed by atoms with E-state index in [-0.39, 0.29) is 6.04 Å². The Morgan fingerprint density at radius 1 is 1.15 bits per heavy atom. The van der Waals surface area contributed by atoms with Crippen LogP contribution >= 0.6 is 15.9 Å². The van der Waals surface area contributed by atoms with Gasteiger partial charge in [0.25, 0.3) is 0 Å². The first kappa shape index (κ1) is 13.7. The van der Waals surface area contributed by atoms with Crippen LogP contribution in [0.5, 0.6) is 0 Å². The molecule has 3 heteroatoms. The van der Waals surface area contributed by atoms with Crippen molar-refractivity contribution in [2.75, 3.05) is 4.90 Å². The largest absolute Gasteiger partial charge is 0.362 e. The van der Waals surface area contributed by atoms with Gasteiger partial charge in [-0.15, -0.1) is 0 Å². The van der Waals surface area contributed by atoms with E-state index < -0.39 is 0 Å². The van der Waals surface area contributed by atoms with Gasteiger partial charge in [-0.25, -0.2) is 0 Å². The van der Waals surface area contributed by atoms with Crippen LogP contribution in [-0.4, -0.2) is 6.04 Å². The van der Waals surface area contributed by atoms with E-state index in [1.165, 1.54) is 22.4 Å². The maximum atomic E-state index is 5.87. The molecule has 0 saturated carbocycles. The van der Waals surface area contributed by atoms with E-state index in [2.05, 4.69) is 63.3 Å². The molecule has 2 aromatic carbocycles. The molecule has 0 radical (unpaired) electrons. The zero-order valence-corrected chi connectivity index (χ0v) is 13.2. The van der Waals surface area contributed by atoms with Crippen LogP contribution in [0.2, 0.25) is 0 Å². The van der Waals surface area contributed by atoms with Crippen molar-refractivity contribution in [1.82, 2.24) is 0 Å². The third-order valence-electron chi connectivity index (χ3n) is 3.75. The SMILES string of the molecule is CC(N)Cc1ccc(N2Cc3ccccc3C2)c(Br)c1. The average molecular weight is 331 g/mol. The van der Waals surface area contributed by atoms with Gasteiger partial charge in [0, 0.05) is 23.6 Å². The smallest absolute Gasteiger partial charge is 0.0516 e.